The maximum absolute atomic E-state index is 14.2. The first-order valence-electron chi connectivity index (χ1n) is 7.24. The zero-order valence-corrected chi connectivity index (χ0v) is 13.1. The van der Waals surface area contributed by atoms with E-state index in [0.29, 0.717) is 17.6 Å². The maximum atomic E-state index is 14.2. The second-order valence-electron chi connectivity index (χ2n) is 5.78. The van der Waals surface area contributed by atoms with Crippen molar-refractivity contribution in [3.05, 3.63) is 28.2 Å². The third kappa shape index (κ3) is 2.70. The Morgan fingerprint density at radius 2 is 2.05 bits per heavy atom. The number of hydrogen-bond donors (Lipinski definition) is 1. The molecule has 0 radical (unpaired) electrons. The number of benzene rings is 1. The summed E-state index contributed by atoms with van der Waals surface area (Å²) in [6.45, 7) is 3.69. The minimum Gasteiger partial charge on any atom is -0.363 e. The van der Waals surface area contributed by atoms with Crippen LogP contribution in [0.5, 0.6) is 0 Å². The van der Waals surface area contributed by atoms with Crippen molar-refractivity contribution in [2.75, 3.05) is 18.0 Å². The van der Waals surface area contributed by atoms with E-state index in [0.717, 1.165) is 19.5 Å². The first-order chi connectivity index (χ1) is 9.60. The number of halogens is 3. The molecule has 1 saturated carbocycles. The Kier molecular flexibility index (Phi) is 4.00. The first-order valence-corrected chi connectivity index (χ1v) is 8.04. The van der Waals surface area contributed by atoms with E-state index in [4.69, 9.17) is 0 Å². The SMILES string of the molecule is CCC1CNC(C2CC2)CN1c1cc(F)c(Br)cc1F. The predicted molar refractivity (Wildman–Crippen MR) is 80.0 cm³/mol. The molecule has 0 bridgehead atoms. The molecule has 1 aromatic rings. The molecule has 5 heteroatoms. The van der Waals surface area contributed by atoms with E-state index in [2.05, 4.69) is 28.2 Å². The molecule has 2 aliphatic rings. The van der Waals surface area contributed by atoms with Gasteiger partial charge in [0, 0.05) is 31.2 Å². The summed E-state index contributed by atoms with van der Waals surface area (Å²) < 4.78 is 28.1. The summed E-state index contributed by atoms with van der Waals surface area (Å²) in [7, 11) is 0. The smallest absolute Gasteiger partial charge is 0.147 e. The van der Waals surface area contributed by atoms with Gasteiger partial charge in [-0.15, -0.1) is 0 Å². The van der Waals surface area contributed by atoms with Crippen LogP contribution >= 0.6 is 15.9 Å². The zero-order chi connectivity index (χ0) is 14.3. The average molecular weight is 345 g/mol. The second-order valence-corrected chi connectivity index (χ2v) is 6.64. The van der Waals surface area contributed by atoms with Gasteiger partial charge in [-0.25, -0.2) is 8.78 Å². The second kappa shape index (κ2) is 5.60. The van der Waals surface area contributed by atoms with E-state index < -0.39 is 5.82 Å². The number of hydrogen-bond acceptors (Lipinski definition) is 2. The molecule has 20 heavy (non-hydrogen) atoms. The standard InChI is InChI=1S/C15H19BrF2N2/c1-2-10-7-19-14(9-3-4-9)8-20(10)15-6-12(17)11(16)5-13(15)18/h5-6,9-10,14,19H,2-4,7-8H2,1H3. The van der Waals surface area contributed by atoms with Gasteiger partial charge in [0.1, 0.15) is 11.6 Å². The number of anilines is 1. The topological polar surface area (TPSA) is 15.3 Å². The van der Waals surface area contributed by atoms with Gasteiger partial charge in [0.05, 0.1) is 10.2 Å². The molecule has 1 saturated heterocycles. The molecular formula is C15H19BrF2N2. The highest BCUT2D eigenvalue weighted by Crippen LogP contribution is 2.36. The molecule has 1 N–H and O–H groups in total. The summed E-state index contributed by atoms with van der Waals surface area (Å²) in [5.74, 6) is -0.0513. The Morgan fingerprint density at radius 3 is 2.70 bits per heavy atom. The van der Waals surface area contributed by atoms with Crippen molar-refractivity contribution in [2.45, 2.75) is 38.3 Å². The highest BCUT2D eigenvalue weighted by atomic mass is 79.9. The van der Waals surface area contributed by atoms with Crippen molar-refractivity contribution < 1.29 is 8.78 Å². The molecule has 1 aromatic carbocycles. The molecule has 2 fully saturated rings. The van der Waals surface area contributed by atoms with Crippen molar-refractivity contribution in [1.29, 1.82) is 0 Å². The Bertz CT molecular complexity index is 505. The van der Waals surface area contributed by atoms with Crippen LogP contribution in [0.15, 0.2) is 16.6 Å². The van der Waals surface area contributed by atoms with Crippen molar-refractivity contribution >= 4 is 21.6 Å². The number of rotatable bonds is 3. The monoisotopic (exact) mass is 344 g/mol. The Hall–Kier alpha value is -0.680. The zero-order valence-electron chi connectivity index (χ0n) is 11.5. The van der Waals surface area contributed by atoms with E-state index >= 15 is 0 Å². The summed E-state index contributed by atoms with van der Waals surface area (Å²) in [5, 5.41) is 3.56. The van der Waals surface area contributed by atoms with Crippen LogP contribution in [0.25, 0.3) is 0 Å². The summed E-state index contributed by atoms with van der Waals surface area (Å²) in [6, 6.07) is 3.17. The molecule has 0 spiro atoms. The molecule has 2 nitrogen and oxygen atoms in total. The lowest BCUT2D eigenvalue weighted by Crippen LogP contribution is -2.57. The van der Waals surface area contributed by atoms with E-state index in [1.807, 2.05) is 4.90 Å². The van der Waals surface area contributed by atoms with Gasteiger partial charge < -0.3 is 10.2 Å². The highest BCUT2D eigenvalue weighted by Gasteiger charge is 2.37. The molecule has 0 amide bonds. The van der Waals surface area contributed by atoms with Crippen LogP contribution in [0.1, 0.15) is 26.2 Å². The largest absolute Gasteiger partial charge is 0.363 e. The summed E-state index contributed by atoms with van der Waals surface area (Å²) >= 11 is 3.04. The summed E-state index contributed by atoms with van der Waals surface area (Å²) in [5.41, 5.74) is 0.393. The van der Waals surface area contributed by atoms with Crippen LogP contribution in [0.2, 0.25) is 0 Å². The van der Waals surface area contributed by atoms with E-state index in [-0.39, 0.29) is 16.3 Å². The first kappa shape index (κ1) is 14.3. The molecule has 1 heterocycles. The molecule has 110 valence electrons. The van der Waals surface area contributed by atoms with Gasteiger partial charge in [-0.05, 0) is 47.2 Å². The summed E-state index contributed by atoms with van der Waals surface area (Å²) in [6.07, 6.45) is 3.42. The lowest BCUT2D eigenvalue weighted by Gasteiger charge is -2.42. The van der Waals surface area contributed by atoms with Gasteiger partial charge in [-0.3, -0.25) is 0 Å². The fourth-order valence-electron chi connectivity index (χ4n) is 3.03. The summed E-state index contributed by atoms with van der Waals surface area (Å²) in [4.78, 5) is 2.05. The molecule has 1 aliphatic heterocycles. The average Bonchev–Trinajstić information content (AvgIpc) is 3.27. The molecule has 2 unspecified atom stereocenters. The molecular weight excluding hydrogens is 326 g/mol. The highest BCUT2D eigenvalue weighted by molar-refractivity contribution is 9.10. The Morgan fingerprint density at radius 1 is 1.30 bits per heavy atom. The van der Waals surface area contributed by atoms with E-state index in [9.17, 15) is 8.78 Å². The van der Waals surface area contributed by atoms with Gasteiger partial charge in [0.15, 0.2) is 0 Å². The maximum Gasteiger partial charge on any atom is 0.147 e. The van der Waals surface area contributed by atoms with Crippen LogP contribution < -0.4 is 10.2 Å². The third-order valence-electron chi connectivity index (χ3n) is 4.41. The molecule has 0 aromatic heterocycles. The van der Waals surface area contributed by atoms with Crippen molar-refractivity contribution in [3.8, 4) is 0 Å². The van der Waals surface area contributed by atoms with E-state index in [1.165, 1.54) is 25.0 Å². The number of nitrogens with zero attached hydrogens (tertiary/aromatic N) is 1. The van der Waals surface area contributed by atoms with Crippen molar-refractivity contribution in [2.24, 2.45) is 5.92 Å². The van der Waals surface area contributed by atoms with Crippen LogP contribution in [0, 0.1) is 17.6 Å². The van der Waals surface area contributed by atoms with Crippen LogP contribution in [-0.2, 0) is 0 Å². The number of nitrogens with one attached hydrogen (secondary N) is 1. The molecule has 1 aliphatic carbocycles. The Balaban J connectivity index is 1.89. The molecule has 3 rings (SSSR count). The lowest BCUT2D eigenvalue weighted by molar-refractivity contribution is 0.356. The fourth-order valence-corrected chi connectivity index (χ4v) is 3.34. The Labute approximate surface area is 126 Å². The minimum atomic E-state index is -0.405. The quantitative estimate of drug-likeness (QED) is 0.841. The van der Waals surface area contributed by atoms with Gasteiger partial charge in [-0.2, -0.15) is 0 Å². The van der Waals surface area contributed by atoms with Crippen LogP contribution in [0.4, 0.5) is 14.5 Å². The van der Waals surface area contributed by atoms with Gasteiger partial charge in [0.2, 0.25) is 0 Å². The van der Waals surface area contributed by atoms with Crippen molar-refractivity contribution in [1.82, 2.24) is 5.32 Å². The third-order valence-corrected chi connectivity index (χ3v) is 5.02. The molecule has 2 atom stereocenters. The van der Waals surface area contributed by atoms with Gasteiger partial charge in [0.25, 0.3) is 0 Å². The number of piperazine rings is 1. The predicted octanol–water partition coefficient (Wildman–Crippen LogP) is 3.69. The lowest BCUT2D eigenvalue weighted by atomic mass is 10.0. The fraction of sp³-hybridized carbons (Fsp3) is 0.600. The van der Waals surface area contributed by atoms with E-state index in [1.54, 1.807) is 0 Å². The minimum absolute atomic E-state index is 0.181. The van der Waals surface area contributed by atoms with Gasteiger partial charge >= 0.3 is 0 Å². The normalized spacial score (nSPS) is 26.9. The van der Waals surface area contributed by atoms with Crippen LogP contribution in [0.3, 0.4) is 0 Å². The van der Waals surface area contributed by atoms with Crippen molar-refractivity contribution in [3.63, 3.8) is 0 Å². The van der Waals surface area contributed by atoms with Gasteiger partial charge in [-0.1, -0.05) is 6.92 Å². The van der Waals surface area contributed by atoms with Crippen LogP contribution in [-0.4, -0.2) is 25.2 Å².